The van der Waals surface area contributed by atoms with Crippen LogP contribution in [0, 0.1) is 13.8 Å². The maximum atomic E-state index is 12.5. The van der Waals surface area contributed by atoms with Gasteiger partial charge in [-0.25, -0.2) is 13.1 Å². The van der Waals surface area contributed by atoms with Crippen LogP contribution in [0.4, 0.5) is 0 Å². The fourth-order valence-corrected chi connectivity index (χ4v) is 3.99. The van der Waals surface area contributed by atoms with E-state index in [-0.39, 0.29) is 16.9 Å². The van der Waals surface area contributed by atoms with Gasteiger partial charge >= 0.3 is 0 Å². The van der Waals surface area contributed by atoms with Crippen molar-refractivity contribution < 1.29 is 8.42 Å². The Morgan fingerprint density at radius 1 is 1.23 bits per heavy atom. The van der Waals surface area contributed by atoms with Gasteiger partial charge in [-0.2, -0.15) is 5.10 Å². The molecular formula is C15H20ClN3O2S. The summed E-state index contributed by atoms with van der Waals surface area (Å²) in [6.07, 6.45) is 0. The van der Waals surface area contributed by atoms with Crippen molar-refractivity contribution >= 4 is 21.6 Å². The van der Waals surface area contributed by atoms with Crippen molar-refractivity contribution in [1.82, 2.24) is 14.9 Å². The van der Waals surface area contributed by atoms with E-state index in [2.05, 4.69) is 14.9 Å². The predicted octanol–water partition coefficient (Wildman–Crippen LogP) is 2.94. The van der Waals surface area contributed by atoms with E-state index < -0.39 is 10.0 Å². The monoisotopic (exact) mass is 341 g/mol. The van der Waals surface area contributed by atoms with E-state index in [1.807, 2.05) is 26.0 Å². The van der Waals surface area contributed by atoms with E-state index in [1.165, 1.54) is 0 Å². The molecule has 0 bridgehead atoms. The predicted molar refractivity (Wildman–Crippen MR) is 87.7 cm³/mol. The Bertz CT molecular complexity index is 745. The fourth-order valence-electron chi connectivity index (χ4n) is 2.29. The van der Waals surface area contributed by atoms with Crippen LogP contribution in [-0.2, 0) is 15.4 Å². The topological polar surface area (TPSA) is 74.8 Å². The number of aromatic amines is 1. The number of halogens is 1. The summed E-state index contributed by atoms with van der Waals surface area (Å²) in [7, 11) is -3.60. The standard InChI is InChI=1S/C15H20ClN3O2S/c1-10-14(11(2)19-18-10)22(20,21)17-9-15(3,4)12-5-7-13(16)8-6-12/h5-8,17H,9H2,1-4H3,(H,18,19). The molecule has 0 aliphatic rings. The van der Waals surface area contributed by atoms with Crippen LogP contribution in [0.5, 0.6) is 0 Å². The first-order valence-electron chi connectivity index (χ1n) is 6.91. The molecule has 0 aliphatic heterocycles. The van der Waals surface area contributed by atoms with Crippen LogP contribution in [-0.4, -0.2) is 25.2 Å². The summed E-state index contributed by atoms with van der Waals surface area (Å²) in [5.41, 5.74) is 1.66. The van der Waals surface area contributed by atoms with E-state index >= 15 is 0 Å². The molecular weight excluding hydrogens is 322 g/mol. The zero-order valence-electron chi connectivity index (χ0n) is 13.1. The van der Waals surface area contributed by atoms with Crippen LogP contribution in [0.25, 0.3) is 0 Å². The average molecular weight is 342 g/mol. The second-order valence-corrected chi connectivity index (χ2v) is 8.12. The minimum Gasteiger partial charge on any atom is -0.281 e. The molecule has 1 aromatic carbocycles. The number of H-pyrrole nitrogens is 1. The first-order valence-corrected chi connectivity index (χ1v) is 8.77. The quantitative estimate of drug-likeness (QED) is 0.878. The lowest BCUT2D eigenvalue weighted by Gasteiger charge is -2.25. The van der Waals surface area contributed by atoms with Gasteiger partial charge in [0.15, 0.2) is 0 Å². The van der Waals surface area contributed by atoms with Gasteiger partial charge in [0.25, 0.3) is 0 Å². The van der Waals surface area contributed by atoms with Crippen molar-refractivity contribution in [3.63, 3.8) is 0 Å². The molecule has 2 rings (SSSR count). The molecule has 0 aliphatic carbocycles. The van der Waals surface area contributed by atoms with Crippen molar-refractivity contribution in [2.45, 2.75) is 38.0 Å². The molecule has 0 atom stereocenters. The Morgan fingerprint density at radius 2 is 1.82 bits per heavy atom. The van der Waals surface area contributed by atoms with E-state index in [0.717, 1.165) is 5.56 Å². The van der Waals surface area contributed by atoms with Crippen LogP contribution >= 0.6 is 11.6 Å². The normalized spacial score (nSPS) is 12.6. The van der Waals surface area contributed by atoms with Gasteiger partial charge in [0, 0.05) is 17.0 Å². The van der Waals surface area contributed by atoms with Gasteiger partial charge in [-0.05, 0) is 31.5 Å². The third kappa shape index (κ3) is 3.51. The van der Waals surface area contributed by atoms with Crippen molar-refractivity contribution in [3.05, 3.63) is 46.2 Å². The molecule has 0 unspecified atom stereocenters. The lowest BCUT2D eigenvalue weighted by molar-refractivity contribution is 0.501. The maximum Gasteiger partial charge on any atom is 0.244 e. The van der Waals surface area contributed by atoms with Crippen molar-refractivity contribution in [2.24, 2.45) is 0 Å². The number of hydrogen-bond acceptors (Lipinski definition) is 3. The Balaban J connectivity index is 2.19. The summed E-state index contributed by atoms with van der Waals surface area (Å²) in [4.78, 5) is 0.222. The van der Waals surface area contributed by atoms with Gasteiger partial charge in [0.1, 0.15) is 4.90 Å². The van der Waals surface area contributed by atoms with Crippen LogP contribution < -0.4 is 4.72 Å². The minimum atomic E-state index is -3.60. The number of benzene rings is 1. The number of hydrogen-bond donors (Lipinski definition) is 2. The zero-order valence-corrected chi connectivity index (χ0v) is 14.6. The van der Waals surface area contributed by atoms with Crippen molar-refractivity contribution in [1.29, 1.82) is 0 Å². The minimum absolute atomic E-state index is 0.222. The molecule has 0 fully saturated rings. The summed E-state index contributed by atoms with van der Waals surface area (Å²) in [5.74, 6) is 0. The number of aryl methyl sites for hydroxylation is 2. The molecule has 0 radical (unpaired) electrons. The van der Waals surface area contributed by atoms with Gasteiger partial charge in [-0.1, -0.05) is 37.6 Å². The van der Waals surface area contributed by atoms with Crippen LogP contribution in [0.1, 0.15) is 30.8 Å². The Hall–Kier alpha value is -1.37. The Labute approximate surface area is 136 Å². The molecule has 1 aromatic heterocycles. The molecule has 2 N–H and O–H groups in total. The summed E-state index contributed by atoms with van der Waals surface area (Å²) in [5, 5.41) is 7.29. The smallest absolute Gasteiger partial charge is 0.244 e. The molecule has 2 aromatic rings. The average Bonchev–Trinajstić information content (AvgIpc) is 2.77. The number of nitrogens with one attached hydrogen (secondary N) is 2. The third-order valence-electron chi connectivity index (χ3n) is 3.66. The van der Waals surface area contributed by atoms with E-state index in [4.69, 9.17) is 11.6 Å². The summed E-state index contributed by atoms with van der Waals surface area (Å²) in [6.45, 7) is 7.60. The second kappa shape index (κ2) is 6.02. The number of sulfonamides is 1. The van der Waals surface area contributed by atoms with Gasteiger partial charge < -0.3 is 0 Å². The molecule has 0 saturated carbocycles. The first-order chi connectivity index (χ1) is 10.1. The van der Waals surface area contributed by atoms with E-state index in [1.54, 1.807) is 26.0 Å². The SMILES string of the molecule is Cc1n[nH]c(C)c1S(=O)(=O)NCC(C)(C)c1ccc(Cl)cc1. The van der Waals surface area contributed by atoms with Crippen LogP contribution in [0.2, 0.25) is 5.02 Å². The zero-order chi connectivity index (χ0) is 16.5. The van der Waals surface area contributed by atoms with Crippen molar-refractivity contribution in [3.8, 4) is 0 Å². The lowest BCUT2D eigenvalue weighted by Crippen LogP contribution is -2.37. The van der Waals surface area contributed by atoms with E-state index in [0.29, 0.717) is 16.4 Å². The second-order valence-electron chi connectivity index (χ2n) is 5.98. The highest BCUT2D eigenvalue weighted by Gasteiger charge is 2.27. The number of nitrogens with zero attached hydrogens (tertiary/aromatic N) is 1. The first kappa shape index (κ1) is 17.0. The molecule has 120 valence electrons. The highest BCUT2D eigenvalue weighted by Crippen LogP contribution is 2.25. The van der Waals surface area contributed by atoms with Gasteiger partial charge in [-0.15, -0.1) is 0 Å². The van der Waals surface area contributed by atoms with Gasteiger partial charge in [0.2, 0.25) is 10.0 Å². The van der Waals surface area contributed by atoms with Crippen LogP contribution in [0.15, 0.2) is 29.2 Å². The molecule has 5 nitrogen and oxygen atoms in total. The molecule has 0 spiro atoms. The van der Waals surface area contributed by atoms with E-state index in [9.17, 15) is 8.42 Å². The van der Waals surface area contributed by atoms with Gasteiger partial charge in [0.05, 0.1) is 11.4 Å². The Kier molecular flexibility index (Phi) is 4.65. The summed E-state index contributed by atoms with van der Waals surface area (Å²) >= 11 is 5.89. The third-order valence-corrected chi connectivity index (χ3v) is 5.57. The van der Waals surface area contributed by atoms with Crippen LogP contribution in [0.3, 0.4) is 0 Å². The highest BCUT2D eigenvalue weighted by molar-refractivity contribution is 7.89. The number of rotatable bonds is 5. The molecule has 0 saturated heterocycles. The molecule has 1 heterocycles. The maximum absolute atomic E-state index is 12.5. The van der Waals surface area contributed by atoms with Crippen molar-refractivity contribution in [2.75, 3.05) is 6.54 Å². The highest BCUT2D eigenvalue weighted by atomic mass is 35.5. The summed E-state index contributed by atoms with van der Waals surface area (Å²) in [6, 6.07) is 7.42. The van der Waals surface area contributed by atoms with Gasteiger partial charge in [-0.3, -0.25) is 5.10 Å². The Morgan fingerprint density at radius 3 is 2.32 bits per heavy atom. The fraction of sp³-hybridized carbons (Fsp3) is 0.400. The molecule has 0 amide bonds. The molecule has 22 heavy (non-hydrogen) atoms. The largest absolute Gasteiger partial charge is 0.281 e. The lowest BCUT2D eigenvalue weighted by atomic mass is 9.85. The summed E-state index contributed by atoms with van der Waals surface area (Å²) < 4.78 is 27.6. The number of aromatic nitrogens is 2. The molecule has 7 heteroatoms.